The van der Waals surface area contributed by atoms with Crippen molar-refractivity contribution in [1.29, 1.82) is 0 Å². The van der Waals surface area contributed by atoms with Crippen molar-refractivity contribution >= 4 is 0 Å². The summed E-state index contributed by atoms with van der Waals surface area (Å²) < 4.78 is 56.7. The van der Waals surface area contributed by atoms with Crippen molar-refractivity contribution in [3.8, 4) is 23.0 Å². The van der Waals surface area contributed by atoms with Gasteiger partial charge < -0.3 is 14.2 Å². The fourth-order valence-corrected chi connectivity index (χ4v) is 2.56. The van der Waals surface area contributed by atoms with Gasteiger partial charge in [0.05, 0.1) is 6.61 Å². The Kier molecular flexibility index (Phi) is 6.09. The molecule has 0 atom stereocenters. The minimum atomic E-state index is -4.57. The monoisotopic (exact) mass is 388 g/mol. The van der Waals surface area contributed by atoms with Crippen LogP contribution in [0.25, 0.3) is 0 Å². The summed E-state index contributed by atoms with van der Waals surface area (Å²) in [6, 6.07) is 19.3. The Morgan fingerprint density at radius 1 is 0.750 bits per heavy atom. The molecule has 0 aliphatic rings. The van der Waals surface area contributed by atoms with Crippen LogP contribution in [0.15, 0.2) is 72.8 Å². The maximum atomic E-state index is 13.5. The van der Waals surface area contributed by atoms with Crippen molar-refractivity contribution in [2.75, 3.05) is 6.61 Å². The second kappa shape index (κ2) is 8.69. The molecule has 0 radical (unpaired) electrons. The zero-order valence-electron chi connectivity index (χ0n) is 15.2. The molecular weight excluding hydrogens is 369 g/mol. The standard InChI is InChI=1S/C22H19F3O3/c1-2-26-17-8-10-18(11-9-17)28-19-12-13-21(20(14-19)22(23,24)25)27-15-16-6-4-3-5-7-16/h3-14H,2,15H2,1H3. The van der Waals surface area contributed by atoms with E-state index in [4.69, 9.17) is 14.2 Å². The van der Waals surface area contributed by atoms with E-state index in [9.17, 15) is 13.2 Å². The van der Waals surface area contributed by atoms with Gasteiger partial charge in [0, 0.05) is 0 Å². The lowest BCUT2D eigenvalue weighted by atomic mass is 10.1. The molecule has 0 N–H and O–H groups in total. The zero-order chi connectivity index (χ0) is 20.0. The van der Waals surface area contributed by atoms with Crippen molar-refractivity contribution in [3.05, 3.63) is 83.9 Å². The normalized spacial score (nSPS) is 11.1. The van der Waals surface area contributed by atoms with Gasteiger partial charge in [-0.2, -0.15) is 13.2 Å². The SMILES string of the molecule is CCOc1ccc(Oc2ccc(OCc3ccccc3)c(C(F)(F)F)c2)cc1. The maximum Gasteiger partial charge on any atom is 0.420 e. The molecule has 0 aliphatic heterocycles. The number of hydrogen-bond donors (Lipinski definition) is 0. The summed E-state index contributed by atoms with van der Waals surface area (Å²) in [5.41, 5.74) is -0.0998. The molecule has 28 heavy (non-hydrogen) atoms. The Bertz CT molecular complexity index is 891. The van der Waals surface area contributed by atoms with E-state index in [1.165, 1.54) is 12.1 Å². The molecule has 0 aliphatic carbocycles. The van der Waals surface area contributed by atoms with Crippen molar-refractivity contribution in [1.82, 2.24) is 0 Å². The van der Waals surface area contributed by atoms with Crippen LogP contribution >= 0.6 is 0 Å². The van der Waals surface area contributed by atoms with E-state index in [1.54, 1.807) is 48.5 Å². The van der Waals surface area contributed by atoms with E-state index in [-0.39, 0.29) is 18.1 Å². The van der Waals surface area contributed by atoms with E-state index >= 15 is 0 Å². The van der Waals surface area contributed by atoms with Gasteiger partial charge in [0.1, 0.15) is 35.2 Å². The number of hydrogen-bond acceptors (Lipinski definition) is 3. The van der Waals surface area contributed by atoms with Crippen LogP contribution in [0.3, 0.4) is 0 Å². The predicted molar refractivity (Wildman–Crippen MR) is 99.9 cm³/mol. The summed E-state index contributed by atoms with van der Waals surface area (Å²) >= 11 is 0. The lowest BCUT2D eigenvalue weighted by Crippen LogP contribution is -2.09. The average molecular weight is 388 g/mol. The van der Waals surface area contributed by atoms with Gasteiger partial charge in [0.25, 0.3) is 0 Å². The van der Waals surface area contributed by atoms with Crippen molar-refractivity contribution in [2.24, 2.45) is 0 Å². The van der Waals surface area contributed by atoms with Gasteiger partial charge in [0.15, 0.2) is 0 Å². The highest BCUT2D eigenvalue weighted by Crippen LogP contribution is 2.39. The fourth-order valence-electron chi connectivity index (χ4n) is 2.56. The van der Waals surface area contributed by atoms with E-state index in [1.807, 2.05) is 13.0 Å². The molecule has 0 aromatic heterocycles. The van der Waals surface area contributed by atoms with E-state index < -0.39 is 11.7 Å². The highest BCUT2D eigenvalue weighted by molar-refractivity contribution is 5.44. The molecule has 0 saturated heterocycles. The number of rotatable bonds is 7. The van der Waals surface area contributed by atoms with Crippen molar-refractivity contribution in [3.63, 3.8) is 0 Å². The van der Waals surface area contributed by atoms with Crippen LogP contribution in [-0.4, -0.2) is 6.61 Å². The Morgan fingerprint density at radius 2 is 1.39 bits per heavy atom. The lowest BCUT2D eigenvalue weighted by Gasteiger charge is -2.16. The zero-order valence-corrected chi connectivity index (χ0v) is 15.2. The third-order valence-corrected chi connectivity index (χ3v) is 3.86. The molecule has 0 amide bonds. The van der Waals surface area contributed by atoms with Gasteiger partial charge in [0.2, 0.25) is 0 Å². The van der Waals surface area contributed by atoms with Gasteiger partial charge in [-0.25, -0.2) is 0 Å². The fraction of sp³-hybridized carbons (Fsp3) is 0.182. The van der Waals surface area contributed by atoms with Crippen LogP contribution < -0.4 is 14.2 Å². The number of ether oxygens (including phenoxy) is 3. The molecule has 3 aromatic carbocycles. The molecule has 3 nitrogen and oxygen atoms in total. The van der Waals surface area contributed by atoms with Crippen LogP contribution in [0, 0.1) is 0 Å². The molecule has 0 heterocycles. The first kappa shape index (κ1) is 19.6. The molecule has 3 aromatic rings. The van der Waals surface area contributed by atoms with Crippen LogP contribution in [0.1, 0.15) is 18.1 Å². The van der Waals surface area contributed by atoms with Crippen LogP contribution in [-0.2, 0) is 12.8 Å². The molecule has 146 valence electrons. The summed E-state index contributed by atoms with van der Waals surface area (Å²) in [5, 5.41) is 0. The third-order valence-electron chi connectivity index (χ3n) is 3.86. The van der Waals surface area contributed by atoms with Crippen LogP contribution in [0.5, 0.6) is 23.0 Å². The molecule has 0 unspecified atom stereocenters. The molecule has 6 heteroatoms. The molecule has 0 fully saturated rings. The quantitative estimate of drug-likeness (QED) is 0.464. The second-order valence-corrected chi connectivity index (χ2v) is 5.94. The number of halogens is 3. The largest absolute Gasteiger partial charge is 0.494 e. The Balaban J connectivity index is 1.78. The molecule has 0 spiro atoms. The smallest absolute Gasteiger partial charge is 0.420 e. The molecular formula is C22H19F3O3. The summed E-state index contributed by atoms with van der Waals surface area (Å²) in [6.07, 6.45) is -4.57. The van der Waals surface area contributed by atoms with Gasteiger partial charge in [-0.3, -0.25) is 0 Å². The summed E-state index contributed by atoms with van der Waals surface area (Å²) in [7, 11) is 0. The summed E-state index contributed by atoms with van der Waals surface area (Å²) in [4.78, 5) is 0. The Morgan fingerprint density at radius 3 is 2.04 bits per heavy atom. The average Bonchev–Trinajstić information content (AvgIpc) is 2.69. The predicted octanol–water partition coefficient (Wildman–Crippen LogP) is 6.48. The van der Waals surface area contributed by atoms with Gasteiger partial charge in [-0.1, -0.05) is 30.3 Å². The number of alkyl halides is 3. The van der Waals surface area contributed by atoms with Gasteiger partial charge in [-0.15, -0.1) is 0 Å². The lowest BCUT2D eigenvalue weighted by molar-refractivity contribution is -0.139. The first-order chi connectivity index (χ1) is 13.5. The Labute approximate surface area is 161 Å². The molecule has 3 rings (SSSR count). The molecule has 0 saturated carbocycles. The third kappa shape index (κ3) is 5.19. The van der Waals surface area contributed by atoms with Gasteiger partial charge >= 0.3 is 6.18 Å². The summed E-state index contributed by atoms with van der Waals surface area (Å²) in [6.45, 7) is 2.44. The minimum absolute atomic E-state index is 0.0447. The van der Waals surface area contributed by atoms with E-state index in [0.717, 1.165) is 11.6 Å². The van der Waals surface area contributed by atoms with E-state index in [0.29, 0.717) is 18.1 Å². The maximum absolute atomic E-state index is 13.5. The van der Waals surface area contributed by atoms with Crippen molar-refractivity contribution < 1.29 is 27.4 Å². The van der Waals surface area contributed by atoms with Crippen LogP contribution in [0.2, 0.25) is 0 Å². The summed E-state index contributed by atoms with van der Waals surface area (Å²) in [5.74, 6) is 0.906. The topological polar surface area (TPSA) is 27.7 Å². The molecule has 0 bridgehead atoms. The number of benzene rings is 3. The van der Waals surface area contributed by atoms with E-state index in [2.05, 4.69) is 0 Å². The Hall–Kier alpha value is -3.15. The van der Waals surface area contributed by atoms with Crippen molar-refractivity contribution in [2.45, 2.75) is 19.7 Å². The van der Waals surface area contributed by atoms with Crippen LogP contribution in [0.4, 0.5) is 13.2 Å². The minimum Gasteiger partial charge on any atom is -0.494 e. The highest BCUT2D eigenvalue weighted by Gasteiger charge is 2.35. The second-order valence-electron chi connectivity index (χ2n) is 5.94. The highest BCUT2D eigenvalue weighted by atomic mass is 19.4. The first-order valence-electron chi connectivity index (χ1n) is 8.74. The van der Waals surface area contributed by atoms with Gasteiger partial charge in [-0.05, 0) is 55.0 Å². The first-order valence-corrected chi connectivity index (χ1v) is 8.74.